The first kappa shape index (κ1) is 12.6. The number of pyridine rings is 1. The second-order valence-corrected chi connectivity index (χ2v) is 4.37. The van der Waals surface area contributed by atoms with Crippen LogP contribution in [-0.4, -0.2) is 12.0 Å². The van der Waals surface area contributed by atoms with Crippen LogP contribution in [-0.2, 0) is 6.54 Å². The van der Waals surface area contributed by atoms with Crippen LogP contribution in [0.3, 0.4) is 0 Å². The summed E-state index contributed by atoms with van der Waals surface area (Å²) >= 11 is 0. The smallest absolute Gasteiger partial charge is 0.219 e. The molecule has 0 aliphatic heterocycles. The van der Waals surface area contributed by atoms with Gasteiger partial charge < -0.3 is 10.1 Å². The zero-order valence-corrected chi connectivity index (χ0v) is 11.0. The zero-order valence-electron chi connectivity index (χ0n) is 11.0. The molecular weight excluding hydrogens is 224 g/mol. The Hall–Kier alpha value is -1.87. The van der Waals surface area contributed by atoms with E-state index in [0.717, 1.165) is 23.6 Å². The van der Waals surface area contributed by atoms with Crippen molar-refractivity contribution in [3.8, 4) is 11.6 Å². The molecule has 0 unspecified atom stereocenters. The third kappa shape index (κ3) is 3.08. The Labute approximate surface area is 108 Å². The van der Waals surface area contributed by atoms with Crippen LogP contribution in [0.15, 0.2) is 36.4 Å². The Morgan fingerprint density at radius 3 is 2.72 bits per heavy atom. The van der Waals surface area contributed by atoms with Crippen molar-refractivity contribution in [2.24, 2.45) is 0 Å². The van der Waals surface area contributed by atoms with Crippen LogP contribution in [0.2, 0.25) is 0 Å². The average Bonchev–Trinajstić information content (AvgIpc) is 2.34. The molecule has 3 nitrogen and oxygen atoms in total. The molecule has 0 radical (unpaired) electrons. The van der Waals surface area contributed by atoms with Crippen molar-refractivity contribution >= 4 is 0 Å². The fraction of sp³-hybridized carbons (Fsp3) is 0.267. The van der Waals surface area contributed by atoms with E-state index in [1.165, 1.54) is 5.56 Å². The van der Waals surface area contributed by atoms with E-state index in [1.807, 2.05) is 44.3 Å². The maximum Gasteiger partial charge on any atom is 0.219 e. The van der Waals surface area contributed by atoms with E-state index < -0.39 is 0 Å². The molecule has 2 rings (SSSR count). The predicted molar refractivity (Wildman–Crippen MR) is 73.0 cm³/mol. The van der Waals surface area contributed by atoms with Gasteiger partial charge in [-0.1, -0.05) is 23.8 Å². The van der Waals surface area contributed by atoms with Gasteiger partial charge in [-0.05, 0) is 38.6 Å². The highest BCUT2D eigenvalue weighted by molar-refractivity contribution is 5.38. The van der Waals surface area contributed by atoms with Crippen LogP contribution in [0.5, 0.6) is 11.6 Å². The largest absolute Gasteiger partial charge is 0.439 e. The standard InChI is InChI=1S/C15H18N2O/c1-11-7-8-14(12(2)9-11)18-15-6-4-5-13(17-15)10-16-3/h4-9,16H,10H2,1-3H3. The van der Waals surface area contributed by atoms with E-state index in [1.54, 1.807) is 0 Å². The summed E-state index contributed by atoms with van der Waals surface area (Å²) in [6, 6.07) is 11.9. The van der Waals surface area contributed by atoms with E-state index in [9.17, 15) is 0 Å². The molecule has 1 heterocycles. The first-order valence-electron chi connectivity index (χ1n) is 6.04. The number of ether oxygens (including phenoxy) is 1. The molecule has 0 spiro atoms. The number of nitrogens with one attached hydrogen (secondary N) is 1. The SMILES string of the molecule is CNCc1cccc(Oc2ccc(C)cc2C)n1. The monoisotopic (exact) mass is 242 g/mol. The topological polar surface area (TPSA) is 34.1 Å². The number of nitrogens with zero attached hydrogens (tertiary/aromatic N) is 1. The summed E-state index contributed by atoms with van der Waals surface area (Å²) in [7, 11) is 1.90. The van der Waals surface area contributed by atoms with Crippen molar-refractivity contribution in [2.75, 3.05) is 7.05 Å². The summed E-state index contributed by atoms with van der Waals surface area (Å²) in [6.45, 7) is 4.85. The Morgan fingerprint density at radius 2 is 2.00 bits per heavy atom. The van der Waals surface area contributed by atoms with Crippen molar-refractivity contribution < 1.29 is 4.74 Å². The Morgan fingerprint density at radius 1 is 1.17 bits per heavy atom. The molecule has 0 saturated carbocycles. The lowest BCUT2D eigenvalue weighted by molar-refractivity contribution is 0.456. The van der Waals surface area contributed by atoms with Crippen molar-refractivity contribution in [3.63, 3.8) is 0 Å². The molecule has 18 heavy (non-hydrogen) atoms. The van der Waals surface area contributed by atoms with Gasteiger partial charge in [-0.25, -0.2) is 4.98 Å². The minimum absolute atomic E-state index is 0.634. The maximum absolute atomic E-state index is 5.81. The van der Waals surface area contributed by atoms with E-state index in [0.29, 0.717) is 5.88 Å². The summed E-state index contributed by atoms with van der Waals surface area (Å²) in [4.78, 5) is 4.44. The van der Waals surface area contributed by atoms with E-state index in [2.05, 4.69) is 23.3 Å². The van der Waals surface area contributed by atoms with Gasteiger partial charge in [-0.15, -0.1) is 0 Å². The average molecular weight is 242 g/mol. The number of aryl methyl sites for hydroxylation is 2. The number of aromatic nitrogens is 1. The molecule has 0 aliphatic rings. The van der Waals surface area contributed by atoms with Gasteiger partial charge >= 0.3 is 0 Å². The van der Waals surface area contributed by atoms with E-state index in [4.69, 9.17) is 4.74 Å². The van der Waals surface area contributed by atoms with Crippen molar-refractivity contribution in [1.29, 1.82) is 0 Å². The number of hydrogen-bond acceptors (Lipinski definition) is 3. The van der Waals surface area contributed by atoms with Crippen LogP contribution in [0.1, 0.15) is 16.8 Å². The lowest BCUT2D eigenvalue weighted by atomic mass is 10.1. The molecule has 2 aromatic rings. The highest BCUT2D eigenvalue weighted by Crippen LogP contribution is 2.24. The summed E-state index contributed by atoms with van der Waals surface area (Å²) < 4.78 is 5.81. The fourth-order valence-electron chi connectivity index (χ4n) is 1.82. The predicted octanol–water partition coefficient (Wildman–Crippen LogP) is 3.21. The van der Waals surface area contributed by atoms with Gasteiger partial charge in [0.25, 0.3) is 0 Å². The molecule has 0 atom stereocenters. The van der Waals surface area contributed by atoms with Gasteiger partial charge in [-0.3, -0.25) is 0 Å². The third-order valence-electron chi connectivity index (χ3n) is 2.68. The first-order chi connectivity index (χ1) is 8.69. The third-order valence-corrected chi connectivity index (χ3v) is 2.68. The van der Waals surface area contributed by atoms with Gasteiger partial charge in [0, 0.05) is 12.6 Å². The first-order valence-corrected chi connectivity index (χ1v) is 6.04. The number of benzene rings is 1. The van der Waals surface area contributed by atoms with Crippen LogP contribution < -0.4 is 10.1 Å². The molecule has 1 aromatic heterocycles. The van der Waals surface area contributed by atoms with E-state index in [-0.39, 0.29) is 0 Å². The Kier molecular flexibility index (Phi) is 3.95. The van der Waals surface area contributed by atoms with Gasteiger partial charge in [0.2, 0.25) is 5.88 Å². The van der Waals surface area contributed by atoms with Crippen LogP contribution in [0.25, 0.3) is 0 Å². The minimum Gasteiger partial charge on any atom is -0.439 e. The molecular formula is C15H18N2O. The quantitative estimate of drug-likeness (QED) is 0.894. The second-order valence-electron chi connectivity index (χ2n) is 4.37. The molecule has 0 saturated heterocycles. The summed E-state index contributed by atoms with van der Waals surface area (Å²) in [6.07, 6.45) is 0. The lowest BCUT2D eigenvalue weighted by Gasteiger charge is -2.09. The Bertz CT molecular complexity index is 538. The van der Waals surface area contributed by atoms with Crippen molar-refractivity contribution in [2.45, 2.75) is 20.4 Å². The molecule has 3 heteroatoms. The molecule has 0 amide bonds. The normalized spacial score (nSPS) is 10.4. The molecule has 1 N–H and O–H groups in total. The summed E-state index contributed by atoms with van der Waals surface area (Å²) in [5.74, 6) is 1.49. The van der Waals surface area contributed by atoms with Crippen LogP contribution in [0.4, 0.5) is 0 Å². The molecule has 0 aliphatic carbocycles. The molecule has 0 bridgehead atoms. The fourth-order valence-corrected chi connectivity index (χ4v) is 1.82. The van der Waals surface area contributed by atoms with Crippen LogP contribution in [0, 0.1) is 13.8 Å². The minimum atomic E-state index is 0.634. The van der Waals surface area contributed by atoms with Gasteiger partial charge in [0.15, 0.2) is 0 Å². The molecule has 94 valence electrons. The van der Waals surface area contributed by atoms with E-state index >= 15 is 0 Å². The number of hydrogen-bond donors (Lipinski definition) is 1. The summed E-state index contributed by atoms with van der Waals surface area (Å²) in [5.41, 5.74) is 3.33. The van der Waals surface area contributed by atoms with Gasteiger partial charge in [-0.2, -0.15) is 0 Å². The van der Waals surface area contributed by atoms with Gasteiger partial charge in [0.1, 0.15) is 5.75 Å². The molecule has 1 aromatic carbocycles. The van der Waals surface area contributed by atoms with Crippen LogP contribution >= 0.6 is 0 Å². The molecule has 0 fully saturated rings. The second kappa shape index (κ2) is 5.65. The van der Waals surface area contributed by atoms with Gasteiger partial charge in [0.05, 0.1) is 5.69 Å². The highest BCUT2D eigenvalue weighted by atomic mass is 16.5. The summed E-state index contributed by atoms with van der Waals surface area (Å²) in [5, 5.41) is 3.08. The Balaban J connectivity index is 2.20. The zero-order chi connectivity index (χ0) is 13.0. The maximum atomic E-state index is 5.81. The lowest BCUT2D eigenvalue weighted by Crippen LogP contribution is -2.07. The van der Waals surface area contributed by atoms with Crippen molar-refractivity contribution in [3.05, 3.63) is 53.2 Å². The van der Waals surface area contributed by atoms with Crippen molar-refractivity contribution in [1.82, 2.24) is 10.3 Å². The number of rotatable bonds is 4. The highest BCUT2D eigenvalue weighted by Gasteiger charge is 2.03.